The highest BCUT2D eigenvalue weighted by Gasteiger charge is 2.35. The smallest absolute Gasteiger partial charge is 0.487 e. The molecule has 12 nitrogen and oxygen atoms in total. The topological polar surface area (TPSA) is 136 Å². The molecule has 0 bridgehead atoms. The second-order valence-corrected chi connectivity index (χ2v) is 20.4. The summed E-state index contributed by atoms with van der Waals surface area (Å²) in [6, 6.07) is 0. The molecule has 1 aliphatic heterocycles. The van der Waals surface area contributed by atoms with Gasteiger partial charge < -0.3 is 38.1 Å². The average Bonchev–Trinajstić information content (AvgIpc) is 3.32. The minimum Gasteiger partial charge on any atom is -0.487 e. The van der Waals surface area contributed by atoms with Crippen molar-refractivity contribution in [1.29, 1.82) is 0 Å². The molecule has 0 saturated heterocycles. The molecule has 1 aromatic rings. The fourth-order valence-electron chi connectivity index (χ4n) is 9.05. The highest BCUT2D eigenvalue weighted by Crippen LogP contribution is 2.45. The van der Waals surface area contributed by atoms with Gasteiger partial charge in [0, 0.05) is 24.9 Å². The Morgan fingerprint density at radius 3 is 1.71 bits per heavy atom. The fraction of sp³-hybridized carbons (Fsp3) is 0.825. The zero-order valence-corrected chi connectivity index (χ0v) is 45.3. The highest BCUT2D eigenvalue weighted by atomic mass is 16.7. The summed E-state index contributed by atoms with van der Waals surface area (Å²) in [5.41, 5.74) is 3.42. The van der Waals surface area contributed by atoms with Crippen LogP contribution in [0.3, 0.4) is 0 Å². The van der Waals surface area contributed by atoms with E-state index in [0.29, 0.717) is 44.5 Å². The predicted octanol–water partition coefficient (Wildman–Crippen LogP) is 14.8. The number of carbonyl (C=O) groups is 4. The first-order valence-electron chi connectivity index (χ1n) is 27.7. The van der Waals surface area contributed by atoms with Gasteiger partial charge in [-0.25, -0.2) is 9.59 Å². The molecule has 2 unspecified atom stereocenters. The van der Waals surface area contributed by atoms with Gasteiger partial charge in [-0.15, -0.1) is 0 Å². The van der Waals surface area contributed by atoms with Crippen molar-refractivity contribution in [2.24, 2.45) is 11.8 Å². The maximum atomic E-state index is 13.3. The molecular formula is C57H99NO11. The van der Waals surface area contributed by atoms with Crippen LogP contribution < -0.4 is 9.47 Å². The monoisotopic (exact) mass is 974 g/mol. The first-order valence-corrected chi connectivity index (χ1v) is 27.7. The molecule has 0 spiro atoms. The van der Waals surface area contributed by atoms with Gasteiger partial charge in [0.2, 0.25) is 0 Å². The summed E-state index contributed by atoms with van der Waals surface area (Å²) in [6.07, 6.45) is 26.6. The Hall–Kier alpha value is -3.54. The number of hydrogen-bond donors (Lipinski definition) is 0. The van der Waals surface area contributed by atoms with E-state index in [1.807, 2.05) is 20.8 Å². The van der Waals surface area contributed by atoms with Gasteiger partial charge in [-0.3, -0.25) is 9.59 Å². The van der Waals surface area contributed by atoms with Crippen LogP contribution in [0.2, 0.25) is 0 Å². The second kappa shape index (κ2) is 37.3. The van der Waals surface area contributed by atoms with E-state index < -0.39 is 24.2 Å². The van der Waals surface area contributed by atoms with Crippen LogP contribution in [0, 0.1) is 32.6 Å². The van der Waals surface area contributed by atoms with E-state index in [0.717, 1.165) is 92.1 Å². The summed E-state index contributed by atoms with van der Waals surface area (Å²) >= 11 is 0. The second-order valence-electron chi connectivity index (χ2n) is 20.4. The van der Waals surface area contributed by atoms with Crippen molar-refractivity contribution in [2.45, 2.75) is 241 Å². The molecule has 0 amide bonds. The van der Waals surface area contributed by atoms with Crippen LogP contribution in [0.5, 0.6) is 11.5 Å². The Bertz CT molecular complexity index is 1580. The van der Waals surface area contributed by atoms with Crippen LogP contribution in [0.25, 0.3) is 0 Å². The van der Waals surface area contributed by atoms with Gasteiger partial charge in [-0.2, -0.15) is 0 Å². The lowest BCUT2D eigenvalue weighted by Gasteiger charge is -2.38. The highest BCUT2D eigenvalue weighted by molar-refractivity contribution is 5.70. The van der Waals surface area contributed by atoms with Crippen molar-refractivity contribution in [3.8, 4) is 11.5 Å². The Kier molecular flexibility index (Phi) is 33.3. The standard InChI is InChI=1S/C57H99NO11/c1-10-13-14-15-16-22-25-31-40-63-51(59)34-28-26-29-35-52(60)65-42-49(43-66-55(61)64-41-32-39-58(11-2)12-3)44-67-56(62)68-53-46(6)47(7)54-50(48(53)8)36-38-57(9,69-54)37-30-24-21-19-17-18-20-23-27-33-45(4)5/h45,49H,10-44H2,1-9H3. The molecule has 0 fully saturated rings. The number of unbranched alkanes of at least 4 members (excludes halogenated alkanes) is 17. The van der Waals surface area contributed by atoms with Crippen molar-refractivity contribution in [3.63, 3.8) is 0 Å². The number of carbonyl (C=O) groups excluding carboxylic acids is 4. The van der Waals surface area contributed by atoms with E-state index in [-0.39, 0.29) is 44.4 Å². The van der Waals surface area contributed by atoms with Gasteiger partial charge in [0.1, 0.15) is 36.9 Å². The Labute approximate surface area is 419 Å². The minimum atomic E-state index is -0.903. The summed E-state index contributed by atoms with van der Waals surface area (Å²) in [7, 11) is 0. The number of fused-ring (bicyclic) bond motifs is 1. The lowest BCUT2D eigenvalue weighted by atomic mass is 9.84. The van der Waals surface area contributed by atoms with Gasteiger partial charge in [0.25, 0.3) is 0 Å². The van der Waals surface area contributed by atoms with Crippen LogP contribution in [-0.2, 0) is 39.7 Å². The van der Waals surface area contributed by atoms with Gasteiger partial charge in [0.05, 0.1) is 19.1 Å². The quantitative estimate of drug-likeness (QED) is 0.0268. The average molecular weight is 974 g/mol. The zero-order valence-electron chi connectivity index (χ0n) is 45.3. The molecule has 0 saturated carbocycles. The molecule has 12 heteroatoms. The van der Waals surface area contributed by atoms with Crippen LogP contribution in [0.15, 0.2) is 0 Å². The maximum absolute atomic E-state index is 13.3. The molecule has 0 aromatic heterocycles. The number of hydrogen-bond acceptors (Lipinski definition) is 12. The SMILES string of the molecule is CCCCCCCCCCOC(=O)CCCCCC(=O)OCC(COC(=O)OCCCN(CC)CC)COC(=O)Oc1c(C)c(C)c2c(c1C)CCC(C)(CCCCCCCCCCCC(C)C)O2. The van der Waals surface area contributed by atoms with Gasteiger partial charge >= 0.3 is 24.2 Å². The summed E-state index contributed by atoms with van der Waals surface area (Å²) in [5.74, 6) is 0.861. The van der Waals surface area contributed by atoms with E-state index in [9.17, 15) is 19.2 Å². The van der Waals surface area contributed by atoms with Crippen molar-refractivity contribution < 1.29 is 52.3 Å². The van der Waals surface area contributed by atoms with E-state index in [1.165, 1.54) is 96.3 Å². The fourth-order valence-corrected chi connectivity index (χ4v) is 9.05. The Morgan fingerprint density at radius 2 is 1.10 bits per heavy atom. The molecule has 2 rings (SSSR count). The molecule has 0 radical (unpaired) electrons. The number of ether oxygens (including phenoxy) is 7. The van der Waals surface area contributed by atoms with E-state index in [1.54, 1.807) is 0 Å². The van der Waals surface area contributed by atoms with Crippen LogP contribution >= 0.6 is 0 Å². The van der Waals surface area contributed by atoms with E-state index >= 15 is 0 Å². The van der Waals surface area contributed by atoms with Crippen LogP contribution in [-0.4, -0.2) is 87.4 Å². The number of rotatable bonds is 40. The summed E-state index contributed by atoms with van der Waals surface area (Å²) in [5, 5.41) is 0. The molecule has 0 aliphatic carbocycles. The third kappa shape index (κ3) is 27.6. The van der Waals surface area contributed by atoms with Crippen molar-refractivity contribution in [2.75, 3.05) is 52.7 Å². The molecular weight excluding hydrogens is 875 g/mol. The third-order valence-corrected chi connectivity index (χ3v) is 13.8. The lowest BCUT2D eigenvalue weighted by Crippen LogP contribution is -2.37. The van der Waals surface area contributed by atoms with Crippen LogP contribution in [0.4, 0.5) is 9.59 Å². The molecule has 1 aromatic carbocycles. The molecule has 1 heterocycles. The lowest BCUT2D eigenvalue weighted by molar-refractivity contribution is -0.146. The Balaban J connectivity index is 1.86. The number of esters is 2. The normalized spacial score (nSPS) is 14.8. The van der Waals surface area contributed by atoms with Crippen molar-refractivity contribution >= 4 is 24.2 Å². The maximum Gasteiger partial charge on any atom is 0.513 e. The number of nitrogens with zero attached hydrogens (tertiary/aromatic N) is 1. The summed E-state index contributed by atoms with van der Waals surface area (Å²) in [6.45, 7) is 21.9. The van der Waals surface area contributed by atoms with Crippen molar-refractivity contribution in [1.82, 2.24) is 4.90 Å². The van der Waals surface area contributed by atoms with Gasteiger partial charge in [0.15, 0.2) is 0 Å². The summed E-state index contributed by atoms with van der Waals surface area (Å²) < 4.78 is 39.9. The van der Waals surface area contributed by atoms with E-state index in [2.05, 4.69) is 46.4 Å². The zero-order chi connectivity index (χ0) is 50.7. The first-order chi connectivity index (χ1) is 33.2. The number of benzene rings is 1. The molecule has 69 heavy (non-hydrogen) atoms. The van der Waals surface area contributed by atoms with Gasteiger partial charge in [-0.05, 0) is 115 Å². The van der Waals surface area contributed by atoms with E-state index in [4.69, 9.17) is 33.2 Å². The Morgan fingerprint density at radius 1 is 0.580 bits per heavy atom. The summed E-state index contributed by atoms with van der Waals surface area (Å²) in [4.78, 5) is 53.0. The first kappa shape index (κ1) is 61.6. The molecule has 398 valence electrons. The van der Waals surface area contributed by atoms with Gasteiger partial charge in [-0.1, -0.05) is 144 Å². The molecule has 0 N–H and O–H groups in total. The molecule has 2 atom stereocenters. The predicted molar refractivity (Wildman–Crippen MR) is 276 cm³/mol. The van der Waals surface area contributed by atoms with Crippen molar-refractivity contribution in [3.05, 3.63) is 22.3 Å². The molecule has 1 aliphatic rings. The largest absolute Gasteiger partial charge is 0.513 e. The third-order valence-electron chi connectivity index (χ3n) is 13.8. The minimum absolute atomic E-state index is 0.142. The van der Waals surface area contributed by atoms with Crippen LogP contribution in [0.1, 0.15) is 231 Å².